The maximum atomic E-state index is 13.5. The van der Waals surface area contributed by atoms with Crippen molar-refractivity contribution < 1.29 is 19.4 Å². The Morgan fingerprint density at radius 2 is 1.87 bits per heavy atom. The zero-order chi connectivity index (χ0) is 21.8. The third-order valence-corrected chi connectivity index (χ3v) is 5.78. The summed E-state index contributed by atoms with van der Waals surface area (Å²) in [5.74, 6) is 0.951. The highest BCUT2D eigenvalue weighted by Crippen LogP contribution is 2.33. The number of phenols is 1. The lowest BCUT2D eigenvalue weighted by Gasteiger charge is -2.08. The molecule has 31 heavy (non-hydrogen) atoms. The largest absolute Gasteiger partial charge is 0.504 e. The number of aromatic hydroxyl groups is 1. The molecule has 4 aromatic rings. The molecule has 0 radical (unpaired) electrons. The Kier molecular flexibility index (Phi) is 6.00. The Morgan fingerprint density at radius 1 is 1.10 bits per heavy atom. The van der Waals surface area contributed by atoms with E-state index in [0.29, 0.717) is 34.3 Å². The van der Waals surface area contributed by atoms with Gasteiger partial charge in [0.15, 0.2) is 17.3 Å². The molecule has 0 fully saturated rings. The number of carbonyl (C=O) groups is 1. The van der Waals surface area contributed by atoms with E-state index in [1.165, 1.54) is 18.4 Å². The Hall–Kier alpha value is -3.64. The van der Waals surface area contributed by atoms with Crippen LogP contribution in [0.2, 0.25) is 0 Å². The number of nitrogens with zero attached hydrogens (tertiary/aromatic N) is 1. The van der Waals surface area contributed by atoms with Gasteiger partial charge in [-0.2, -0.15) is 0 Å². The number of methoxy groups -OCH3 is 1. The molecule has 0 unspecified atom stereocenters. The molecular formula is C25H21NO4S. The van der Waals surface area contributed by atoms with E-state index in [-0.39, 0.29) is 11.5 Å². The van der Waals surface area contributed by atoms with Gasteiger partial charge in [0.25, 0.3) is 0 Å². The minimum absolute atomic E-state index is 0.0408. The molecule has 1 heterocycles. The lowest BCUT2D eigenvalue weighted by molar-refractivity contribution is 0.105. The second-order valence-electron chi connectivity index (χ2n) is 6.76. The van der Waals surface area contributed by atoms with E-state index in [2.05, 4.69) is 4.98 Å². The topological polar surface area (TPSA) is 68.7 Å². The molecule has 0 saturated carbocycles. The van der Waals surface area contributed by atoms with Crippen molar-refractivity contribution in [3.8, 4) is 17.2 Å². The van der Waals surface area contributed by atoms with E-state index in [9.17, 15) is 9.90 Å². The summed E-state index contributed by atoms with van der Waals surface area (Å²) < 4.78 is 11.7. The minimum atomic E-state index is -0.144. The number of Topliss-reactive ketones (excluding diaryl/α,β-unsaturated/α-hetero) is 1. The first-order chi connectivity index (χ1) is 15.1. The number of fused-ring (bicyclic) bond motifs is 1. The molecule has 0 saturated heterocycles. The highest BCUT2D eigenvalue weighted by Gasteiger charge is 2.19. The fourth-order valence-electron chi connectivity index (χ4n) is 3.19. The summed E-state index contributed by atoms with van der Waals surface area (Å²) in [6.45, 7) is 2.48. The number of allylic oxidation sites excluding steroid dienone is 1. The van der Waals surface area contributed by atoms with Gasteiger partial charge in [0.2, 0.25) is 0 Å². The average molecular weight is 432 g/mol. The van der Waals surface area contributed by atoms with Gasteiger partial charge in [-0.1, -0.05) is 18.2 Å². The van der Waals surface area contributed by atoms with Crippen LogP contribution >= 0.6 is 11.3 Å². The smallest absolute Gasteiger partial charge is 0.196 e. The van der Waals surface area contributed by atoms with Gasteiger partial charge in [0.05, 0.1) is 29.5 Å². The fourth-order valence-corrected chi connectivity index (χ4v) is 4.17. The zero-order valence-electron chi connectivity index (χ0n) is 17.2. The van der Waals surface area contributed by atoms with Crippen LogP contribution in [0.5, 0.6) is 17.2 Å². The lowest BCUT2D eigenvalue weighted by atomic mass is 10.0. The van der Waals surface area contributed by atoms with E-state index >= 15 is 0 Å². The molecule has 0 aliphatic heterocycles. The van der Waals surface area contributed by atoms with Crippen LogP contribution in [0.4, 0.5) is 0 Å². The van der Waals surface area contributed by atoms with Crippen molar-refractivity contribution in [2.24, 2.45) is 0 Å². The van der Waals surface area contributed by atoms with Gasteiger partial charge in [-0.05, 0) is 67.1 Å². The molecule has 0 amide bonds. The van der Waals surface area contributed by atoms with Gasteiger partial charge in [-0.3, -0.25) is 4.79 Å². The van der Waals surface area contributed by atoms with Crippen LogP contribution in [0.15, 0.2) is 66.7 Å². The molecule has 1 N–H and O–H groups in total. The van der Waals surface area contributed by atoms with Gasteiger partial charge in [0, 0.05) is 5.56 Å². The summed E-state index contributed by atoms with van der Waals surface area (Å²) in [5.41, 5.74) is 2.58. The Labute approximate surface area is 184 Å². The first-order valence-electron chi connectivity index (χ1n) is 9.81. The van der Waals surface area contributed by atoms with Gasteiger partial charge >= 0.3 is 0 Å². The first-order valence-corrected chi connectivity index (χ1v) is 10.6. The molecule has 0 spiro atoms. The molecule has 5 nitrogen and oxygen atoms in total. The molecule has 0 bridgehead atoms. The second kappa shape index (κ2) is 9.02. The van der Waals surface area contributed by atoms with Crippen LogP contribution in [0.25, 0.3) is 21.9 Å². The predicted molar refractivity (Wildman–Crippen MR) is 124 cm³/mol. The van der Waals surface area contributed by atoms with Crippen LogP contribution in [-0.4, -0.2) is 29.6 Å². The van der Waals surface area contributed by atoms with Crippen molar-refractivity contribution in [2.75, 3.05) is 13.7 Å². The third-order valence-electron chi connectivity index (χ3n) is 4.71. The molecule has 0 aliphatic carbocycles. The average Bonchev–Trinajstić information content (AvgIpc) is 3.22. The molecule has 3 aromatic carbocycles. The number of carbonyl (C=O) groups excluding carboxylic acids is 1. The Morgan fingerprint density at radius 3 is 2.58 bits per heavy atom. The number of hydrogen-bond donors (Lipinski definition) is 1. The summed E-state index contributed by atoms with van der Waals surface area (Å²) in [5, 5.41) is 10.5. The van der Waals surface area contributed by atoms with Gasteiger partial charge in [0.1, 0.15) is 10.8 Å². The van der Waals surface area contributed by atoms with E-state index in [1.54, 1.807) is 48.5 Å². The number of thiazole rings is 1. The number of aromatic nitrogens is 1. The van der Waals surface area contributed by atoms with Crippen LogP contribution in [-0.2, 0) is 0 Å². The van der Waals surface area contributed by atoms with Crippen molar-refractivity contribution in [3.63, 3.8) is 0 Å². The number of para-hydroxylation sites is 1. The molecular weight excluding hydrogens is 410 g/mol. The van der Waals surface area contributed by atoms with Gasteiger partial charge < -0.3 is 14.6 Å². The summed E-state index contributed by atoms with van der Waals surface area (Å²) in [6.07, 6.45) is 1.78. The number of rotatable bonds is 7. The standard InChI is InChI=1S/C25H21NO4S/c1-3-30-18-11-9-17(10-12-18)24(28)19(14-16-8-13-21(27)22(15-16)29-2)25-26-20-6-4-5-7-23(20)31-25/h4-15,27H,3H2,1-2H3/b19-14-. The van der Waals surface area contributed by atoms with Crippen LogP contribution in [0, 0.1) is 0 Å². The van der Waals surface area contributed by atoms with E-state index in [4.69, 9.17) is 9.47 Å². The monoisotopic (exact) mass is 431 g/mol. The minimum Gasteiger partial charge on any atom is -0.504 e. The third kappa shape index (κ3) is 4.44. The van der Waals surface area contributed by atoms with Crippen molar-refractivity contribution in [1.29, 1.82) is 0 Å². The van der Waals surface area contributed by atoms with Crippen molar-refractivity contribution in [3.05, 3.63) is 82.9 Å². The van der Waals surface area contributed by atoms with Gasteiger partial charge in [-0.15, -0.1) is 11.3 Å². The van der Waals surface area contributed by atoms with Crippen molar-refractivity contribution in [1.82, 2.24) is 4.98 Å². The van der Waals surface area contributed by atoms with Crippen molar-refractivity contribution in [2.45, 2.75) is 6.92 Å². The van der Waals surface area contributed by atoms with Crippen molar-refractivity contribution >= 4 is 39.0 Å². The van der Waals surface area contributed by atoms with Crippen LogP contribution < -0.4 is 9.47 Å². The highest BCUT2D eigenvalue weighted by atomic mass is 32.1. The maximum absolute atomic E-state index is 13.5. The molecule has 0 aliphatic rings. The fraction of sp³-hybridized carbons (Fsp3) is 0.120. The summed E-state index contributed by atoms with van der Waals surface area (Å²) in [4.78, 5) is 18.2. The second-order valence-corrected chi connectivity index (χ2v) is 7.79. The van der Waals surface area contributed by atoms with E-state index in [0.717, 1.165) is 15.8 Å². The summed E-state index contributed by atoms with van der Waals surface area (Å²) >= 11 is 1.47. The number of benzene rings is 3. The quantitative estimate of drug-likeness (QED) is 0.294. The molecule has 6 heteroatoms. The SMILES string of the molecule is CCOc1ccc(C(=O)/C(=C/c2ccc(O)c(OC)c2)c2nc3ccccc3s2)cc1. The number of phenolic OH excluding ortho intramolecular Hbond substituents is 1. The molecule has 156 valence electrons. The maximum Gasteiger partial charge on any atom is 0.196 e. The molecule has 1 aromatic heterocycles. The van der Waals surface area contributed by atoms with E-state index < -0.39 is 0 Å². The normalized spacial score (nSPS) is 11.5. The van der Waals surface area contributed by atoms with E-state index in [1.807, 2.05) is 31.2 Å². The number of hydrogen-bond acceptors (Lipinski definition) is 6. The van der Waals surface area contributed by atoms with Gasteiger partial charge in [-0.25, -0.2) is 4.98 Å². The zero-order valence-corrected chi connectivity index (χ0v) is 18.0. The molecule has 4 rings (SSSR count). The predicted octanol–water partition coefficient (Wildman–Crippen LogP) is 5.83. The lowest BCUT2D eigenvalue weighted by Crippen LogP contribution is -2.03. The highest BCUT2D eigenvalue weighted by molar-refractivity contribution is 7.20. The summed E-state index contributed by atoms with van der Waals surface area (Å²) in [7, 11) is 1.49. The first kappa shape index (κ1) is 20.6. The van der Waals surface area contributed by atoms with Crippen LogP contribution in [0.3, 0.4) is 0 Å². The Bertz CT molecular complexity index is 1230. The number of ether oxygens (including phenoxy) is 2. The molecule has 0 atom stereocenters. The number of ketones is 1. The summed E-state index contributed by atoms with van der Waals surface area (Å²) in [6, 6.07) is 19.8. The van der Waals surface area contributed by atoms with Crippen LogP contribution in [0.1, 0.15) is 27.9 Å². The Balaban J connectivity index is 1.81.